The fourth-order valence-corrected chi connectivity index (χ4v) is 2.46. The van der Waals surface area contributed by atoms with Gasteiger partial charge >= 0.3 is 0 Å². The standard InChI is InChI=1S/C15H24N2O/c1-15(2,3)18-11-12-7-8-16-10-13(12)14-6-5-9-17(14)4/h7-8,10,14H,5-6,9,11H2,1-4H3/t14-/m0/s1. The Labute approximate surface area is 110 Å². The van der Waals surface area contributed by atoms with Crippen LogP contribution < -0.4 is 0 Å². The first-order chi connectivity index (χ1) is 8.47. The first-order valence-electron chi connectivity index (χ1n) is 6.74. The summed E-state index contributed by atoms with van der Waals surface area (Å²) in [5.74, 6) is 0. The van der Waals surface area contributed by atoms with Crippen LogP contribution in [0.25, 0.3) is 0 Å². The second-order valence-electron chi connectivity index (χ2n) is 6.11. The molecular formula is C15H24N2O. The fraction of sp³-hybridized carbons (Fsp3) is 0.667. The van der Waals surface area contributed by atoms with Gasteiger partial charge in [0.05, 0.1) is 12.2 Å². The first-order valence-corrected chi connectivity index (χ1v) is 6.74. The molecule has 2 rings (SSSR count). The minimum absolute atomic E-state index is 0.0951. The second-order valence-corrected chi connectivity index (χ2v) is 6.11. The van der Waals surface area contributed by atoms with Crippen LogP contribution in [0.15, 0.2) is 18.5 Å². The number of nitrogens with zero attached hydrogens (tertiary/aromatic N) is 2. The highest BCUT2D eigenvalue weighted by Crippen LogP contribution is 2.32. The quantitative estimate of drug-likeness (QED) is 0.821. The molecule has 0 spiro atoms. The second kappa shape index (κ2) is 5.37. The topological polar surface area (TPSA) is 25.4 Å². The van der Waals surface area contributed by atoms with Crippen LogP contribution in [0.5, 0.6) is 0 Å². The van der Waals surface area contributed by atoms with Gasteiger partial charge in [0.2, 0.25) is 0 Å². The van der Waals surface area contributed by atoms with Crippen molar-refractivity contribution in [3.63, 3.8) is 0 Å². The summed E-state index contributed by atoms with van der Waals surface area (Å²) in [6.07, 6.45) is 6.37. The van der Waals surface area contributed by atoms with Crippen LogP contribution in [-0.2, 0) is 11.3 Å². The number of pyridine rings is 1. The van der Waals surface area contributed by atoms with E-state index >= 15 is 0 Å². The van der Waals surface area contributed by atoms with Crippen molar-refractivity contribution in [3.8, 4) is 0 Å². The van der Waals surface area contributed by atoms with Gasteiger partial charge in [-0.3, -0.25) is 9.88 Å². The maximum absolute atomic E-state index is 5.90. The van der Waals surface area contributed by atoms with E-state index in [4.69, 9.17) is 4.74 Å². The van der Waals surface area contributed by atoms with Crippen LogP contribution in [0.3, 0.4) is 0 Å². The summed E-state index contributed by atoms with van der Waals surface area (Å²) in [4.78, 5) is 6.70. The van der Waals surface area contributed by atoms with E-state index in [1.165, 1.54) is 30.5 Å². The number of likely N-dealkylation sites (tertiary alicyclic amines) is 1. The lowest BCUT2D eigenvalue weighted by atomic mass is 10.0. The van der Waals surface area contributed by atoms with Crippen LogP contribution in [0.2, 0.25) is 0 Å². The fourth-order valence-electron chi connectivity index (χ4n) is 2.46. The SMILES string of the molecule is CN1CCC[C@H]1c1cnccc1COC(C)(C)C. The van der Waals surface area contributed by atoms with Gasteiger partial charge in [0.15, 0.2) is 0 Å². The Balaban J connectivity index is 2.15. The van der Waals surface area contributed by atoms with E-state index in [9.17, 15) is 0 Å². The highest BCUT2D eigenvalue weighted by molar-refractivity contribution is 5.26. The number of aromatic nitrogens is 1. The van der Waals surface area contributed by atoms with Gasteiger partial charge in [-0.25, -0.2) is 0 Å². The molecule has 0 saturated carbocycles. The van der Waals surface area contributed by atoms with Crippen molar-refractivity contribution in [3.05, 3.63) is 29.6 Å². The maximum Gasteiger partial charge on any atom is 0.0728 e. The van der Waals surface area contributed by atoms with E-state index in [2.05, 4.69) is 43.8 Å². The normalized spacial score (nSPS) is 21.4. The highest BCUT2D eigenvalue weighted by Gasteiger charge is 2.25. The molecule has 1 atom stereocenters. The minimum atomic E-state index is -0.0951. The van der Waals surface area contributed by atoms with Gasteiger partial charge in [-0.05, 0) is 64.4 Å². The highest BCUT2D eigenvalue weighted by atomic mass is 16.5. The Kier molecular flexibility index (Phi) is 4.03. The molecule has 0 bridgehead atoms. The monoisotopic (exact) mass is 248 g/mol. The minimum Gasteiger partial charge on any atom is -0.371 e. The number of ether oxygens (including phenoxy) is 1. The largest absolute Gasteiger partial charge is 0.371 e. The van der Waals surface area contributed by atoms with Crippen LogP contribution in [0.4, 0.5) is 0 Å². The summed E-state index contributed by atoms with van der Waals surface area (Å²) in [5.41, 5.74) is 2.52. The lowest BCUT2D eigenvalue weighted by Crippen LogP contribution is -2.22. The molecule has 0 aliphatic carbocycles. The summed E-state index contributed by atoms with van der Waals surface area (Å²) in [5, 5.41) is 0. The summed E-state index contributed by atoms with van der Waals surface area (Å²) in [6.45, 7) is 8.13. The third-order valence-electron chi connectivity index (χ3n) is 3.49. The molecule has 0 radical (unpaired) electrons. The molecule has 1 aromatic rings. The van der Waals surface area contributed by atoms with Crippen molar-refractivity contribution < 1.29 is 4.74 Å². The van der Waals surface area contributed by atoms with E-state index in [0.29, 0.717) is 12.6 Å². The molecule has 0 aromatic carbocycles. The van der Waals surface area contributed by atoms with Crippen molar-refractivity contribution in [2.75, 3.05) is 13.6 Å². The zero-order valence-corrected chi connectivity index (χ0v) is 11.9. The zero-order valence-electron chi connectivity index (χ0n) is 11.9. The molecule has 100 valence electrons. The van der Waals surface area contributed by atoms with Crippen molar-refractivity contribution in [1.29, 1.82) is 0 Å². The van der Waals surface area contributed by atoms with Crippen LogP contribution in [0.1, 0.15) is 50.8 Å². The van der Waals surface area contributed by atoms with E-state index in [1.54, 1.807) is 0 Å². The molecule has 2 heterocycles. The average molecular weight is 248 g/mol. The predicted molar refractivity (Wildman–Crippen MR) is 73.4 cm³/mol. The van der Waals surface area contributed by atoms with Gasteiger partial charge in [-0.2, -0.15) is 0 Å². The van der Waals surface area contributed by atoms with Gasteiger partial charge in [-0.15, -0.1) is 0 Å². The van der Waals surface area contributed by atoms with Gasteiger partial charge in [0, 0.05) is 18.4 Å². The molecule has 3 nitrogen and oxygen atoms in total. The Morgan fingerprint density at radius 1 is 1.44 bits per heavy atom. The van der Waals surface area contributed by atoms with Crippen LogP contribution in [0, 0.1) is 0 Å². The molecule has 1 aliphatic rings. The van der Waals surface area contributed by atoms with Crippen LogP contribution in [-0.4, -0.2) is 29.1 Å². The third-order valence-corrected chi connectivity index (χ3v) is 3.49. The molecule has 1 aliphatic heterocycles. The molecule has 3 heteroatoms. The first kappa shape index (κ1) is 13.5. The Hall–Kier alpha value is -0.930. The van der Waals surface area contributed by atoms with Gasteiger partial charge < -0.3 is 4.74 Å². The summed E-state index contributed by atoms with van der Waals surface area (Å²) >= 11 is 0. The number of rotatable bonds is 3. The summed E-state index contributed by atoms with van der Waals surface area (Å²) < 4.78 is 5.90. The third kappa shape index (κ3) is 3.30. The van der Waals surface area contributed by atoms with Crippen molar-refractivity contribution >= 4 is 0 Å². The predicted octanol–water partition coefficient (Wildman–Crippen LogP) is 3.16. The molecular weight excluding hydrogens is 224 g/mol. The van der Waals surface area contributed by atoms with Crippen molar-refractivity contribution in [2.45, 2.75) is 51.9 Å². The van der Waals surface area contributed by atoms with Crippen molar-refractivity contribution in [2.24, 2.45) is 0 Å². The Bertz CT molecular complexity index is 398. The van der Waals surface area contributed by atoms with E-state index in [1.807, 2.05) is 12.4 Å². The molecule has 0 amide bonds. The number of hydrogen-bond acceptors (Lipinski definition) is 3. The molecule has 18 heavy (non-hydrogen) atoms. The molecule has 1 saturated heterocycles. The summed E-state index contributed by atoms with van der Waals surface area (Å²) in [7, 11) is 2.19. The van der Waals surface area contributed by atoms with Gasteiger partial charge in [0.1, 0.15) is 0 Å². The van der Waals surface area contributed by atoms with Crippen LogP contribution >= 0.6 is 0 Å². The smallest absolute Gasteiger partial charge is 0.0728 e. The van der Waals surface area contributed by atoms with E-state index in [0.717, 1.165) is 0 Å². The molecule has 0 N–H and O–H groups in total. The molecule has 1 fully saturated rings. The lowest BCUT2D eigenvalue weighted by molar-refractivity contribution is -0.0155. The zero-order chi connectivity index (χ0) is 13.2. The molecule has 0 unspecified atom stereocenters. The average Bonchev–Trinajstić information content (AvgIpc) is 2.72. The Morgan fingerprint density at radius 3 is 2.83 bits per heavy atom. The summed E-state index contributed by atoms with van der Waals surface area (Å²) in [6, 6.07) is 2.60. The lowest BCUT2D eigenvalue weighted by Gasteiger charge is -2.24. The van der Waals surface area contributed by atoms with Gasteiger partial charge in [0.25, 0.3) is 0 Å². The van der Waals surface area contributed by atoms with Crippen molar-refractivity contribution in [1.82, 2.24) is 9.88 Å². The van der Waals surface area contributed by atoms with E-state index in [-0.39, 0.29) is 5.60 Å². The molecule has 1 aromatic heterocycles. The maximum atomic E-state index is 5.90. The number of hydrogen-bond donors (Lipinski definition) is 0. The van der Waals surface area contributed by atoms with Gasteiger partial charge in [-0.1, -0.05) is 0 Å². The Morgan fingerprint density at radius 2 is 2.22 bits per heavy atom. The van der Waals surface area contributed by atoms with E-state index < -0.39 is 0 Å².